The molecule has 18 heavy (non-hydrogen) atoms. The predicted molar refractivity (Wildman–Crippen MR) is 72.8 cm³/mol. The van der Waals surface area contributed by atoms with Crippen LogP contribution in [0.25, 0.3) is 0 Å². The van der Waals surface area contributed by atoms with Crippen molar-refractivity contribution in [2.24, 2.45) is 0 Å². The number of halogens is 1. The summed E-state index contributed by atoms with van der Waals surface area (Å²) in [7, 11) is 0. The number of rotatable bonds is 3. The third-order valence-corrected chi connectivity index (χ3v) is 4.07. The molecule has 94 valence electrons. The molecule has 0 aromatic heterocycles. The Balaban J connectivity index is 1.67. The first-order valence-electron chi connectivity index (χ1n) is 6.46. The molecule has 1 aliphatic heterocycles. The fourth-order valence-electron chi connectivity index (χ4n) is 2.60. The maximum absolute atomic E-state index is 8.91. The van der Waals surface area contributed by atoms with E-state index < -0.39 is 0 Å². The summed E-state index contributed by atoms with van der Waals surface area (Å²) in [4.78, 5) is 2.56. The summed E-state index contributed by atoms with van der Waals surface area (Å²) in [5, 5.41) is 13.1. The van der Waals surface area contributed by atoms with Gasteiger partial charge in [0, 0.05) is 25.2 Å². The third-order valence-electron chi connectivity index (χ3n) is 3.74. The molecular formula is C14H16ClN3. The first-order chi connectivity index (χ1) is 8.76. The Morgan fingerprint density at radius 3 is 2.89 bits per heavy atom. The lowest BCUT2D eigenvalue weighted by molar-refractivity contribution is 0.326. The van der Waals surface area contributed by atoms with Crippen LogP contribution < -0.4 is 5.32 Å². The Morgan fingerprint density at radius 2 is 2.17 bits per heavy atom. The molecule has 1 aromatic rings. The van der Waals surface area contributed by atoms with Crippen molar-refractivity contribution in [1.82, 2.24) is 4.90 Å². The van der Waals surface area contributed by atoms with Crippen molar-refractivity contribution in [2.75, 3.05) is 18.4 Å². The fourth-order valence-corrected chi connectivity index (χ4v) is 2.77. The van der Waals surface area contributed by atoms with Gasteiger partial charge in [-0.05, 0) is 37.5 Å². The molecule has 4 heteroatoms. The molecule has 1 atom stereocenters. The van der Waals surface area contributed by atoms with Gasteiger partial charge >= 0.3 is 0 Å². The highest BCUT2D eigenvalue weighted by Crippen LogP contribution is 2.31. The summed E-state index contributed by atoms with van der Waals surface area (Å²) >= 11 is 6.16. The molecule has 1 N–H and O–H groups in total. The van der Waals surface area contributed by atoms with E-state index >= 15 is 0 Å². The van der Waals surface area contributed by atoms with Crippen LogP contribution in [0.3, 0.4) is 0 Å². The van der Waals surface area contributed by atoms with Crippen LogP contribution in [0.4, 0.5) is 5.69 Å². The Hall–Kier alpha value is -1.24. The van der Waals surface area contributed by atoms with E-state index in [0.717, 1.165) is 24.7 Å². The average Bonchev–Trinajstić information content (AvgIpc) is 3.13. The van der Waals surface area contributed by atoms with Gasteiger partial charge in [0.15, 0.2) is 0 Å². The minimum Gasteiger partial charge on any atom is -0.380 e. The van der Waals surface area contributed by atoms with E-state index in [1.807, 2.05) is 6.07 Å². The van der Waals surface area contributed by atoms with Crippen LogP contribution in [0, 0.1) is 11.3 Å². The second-order valence-corrected chi connectivity index (χ2v) is 5.57. The van der Waals surface area contributed by atoms with E-state index in [1.165, 1.54) is 19.4 Å². The van der Waals surface area contributed by atoms with Gasteiger partial charge in [-0.15, -0.1) is 0 Å². The molecule has 1 aromatic carbocycles. The molecule has 1 heterocycles. The largest absolute Gasteiger partial charge is 0.380 e. The zero-order valence-electron chi connectivity index (χ0n) is 10.2. The summed E-state index contributed by atoms with van der Waals surface area (Å²) in [5.41, 5.74) is 1.54. The fraction of sp³-hybridized carbons (Fsp3) is 0.500. The number of likely N-dealkylation sites (tertiary alicyclic amines) is 1. The zero-order chi connectivity index (χ0) is 12.5. The highest BCUT2D eigenvalue weighted by Gasteiger charge is 2.34. The van der Waals surface area contributed by atoms with E-state index in [9.17, 15) is 0 Å². The van der Waals surface area contributed by atoms with Crippen molar-refractivity contribution in [1.29, 1.82) is 5.26 Å². The highest BCUT2D eigenvalue weighted by atomic mass is 35.5. The van der Waals surface area contributed by atoms with E-state index in [-0.39, 0.29) is 0 Å². The van der Waals surface area contributed by atoms with Crippen LogP contribution in [-0.2, 0) is 0 Å². The van der Waals surface area contributed by atoms with Crippen LogP contribution in [0.1, 0.15) is 24.8 Å². The highest BCUT2D eigenvalue weighted by molar-refractivity contribution is 6.33. The number of anilines is 1. The van der Waals surface area contributed by atoms with Crippen molar-refractivity contribution >= 4 is 17.3 Å². The van der Waals surface area contributed by atoms with E-state index in [1.54, 1.807) is 12.1 Å². The monoisotopic (exact) mass is 261 g/mol. The molecule has 0 bridgehead atoms. The van der Waals surface area contributed by atoms with Crippen molar-refractivity contribution < 1.29 is 0 Å². The molecule has 1 saturated carbocycles. The number of hydrogen-bond acceptors (Lipinski definition) is 3. The average molecular weight is 262 g/mol. The molecule has 0 amide bonds. The predicted octanol–water partition coefficient (Wildman–Crippen LogP) is 2.86. The number of nitrogens with zero attached hydrogens (tertiary/aromatic N) is 2. The van der Waals surface area contributed by atoms with Crippen LogP contribution in [0.5, 0.6) is 0 Å². The van der Waals surface area contributed by atoms with Crippen molar-refractivity contribution in [2.45, 2.75) is 31.3 Å². The summed E-state index contributed by atoms with van der Waals surface area (Å²) in [6.07, 6.45) is 3.87. The van der Waals surface area contributed by atoms with Gasteiger partial charge in [0.1, 0.15) is 0 Å². The SMILES string of the molecule is N#Cc1ccc(Cl)c(NC2CCN(C3CC3)C2)c1. The van der Waals surface area contributed by atoms with Gasteiger partial charge in [-0.3, -0.25) is 4.90 Å². The topological polar surface area (TPSA) is 39.1 Å². The number of nitriles is 1. The summed E-state index contributed by atoms with van der Waals surface area (Å²) in [6, 6.07) is 8.81. The smallest absolute Gasteiger partial charge is 0.0992 e. The number of hydrogen-bond donors (Lipinski definition) is 1. The van der Waals surface area contributed by atoms with Gasteiger partial charge in [-0.25, -0.2) is 0 Å². The lowest BCUT2D eigenvalue weighted by atomic mass is 10.2. The first kappa shape index (κ1) is 11.8. The molecule has 1 unspecified atom stereocenters. The van der Waals surface area contributed by atoms with Crippen molar-refractivity contribution in [3.63, 3.8) is 0 Å². The van der Waals surface area contributed by atoms with Crippen LogP contribution in [-0.4, -0.2) is 30.1 Å². The second-order valence-electron chi connectivity index (χ2n) is 5.16. The molecule has 1 saturated heterocycles. The lowest BCUT2D eigenvalue weighted by Gasteiger charge is -2.17. The molecule has 3 rings (SSSR count). The molecular weight excluding hydrogens is 246 g/mol. The zero-order valence-corrected chi connectivity index (χ0v) is 11.0. The maximum Gasteiger partial charge on any atom is 0.0992 e. The normalized spacial score (nSPS) is 23.9. The summed E-state index contributed by atoms with van der Waals surface area (Å²) in [6.45, 7) is 2.27. The molecule has 2 fully saturated rings. The number of nitrogens with one attached hydrogen (secondary N) is 1. The third kappa shape index (κ3) is 2.45. The van der Waals surface area contributed by atoms with Crippen LogP contribution in [0.15, 0.2) is 18.2 Å². The van der Waals surface area contributed by atoms with Gasteiger partial charge in [0.25, 0.3) is 0 Å². The van der Waals surface area contributed by atoms with E-state index in [4.69, 9.17) is 16.9 Å². The summed E-state index contributed by atoms with van der Waals surface area (Å²) in [5.74, 6) is 0. The Morgan fingerprint density at radius 1 is 1.33 bits per heavy atom. The maximum atomic E-state index is 8.91. The minimum atomic E-state index is 0.456. The first-order valence-corrected chi connectivity index (χ1v) is 6.84. The Bertz CT molecular complexity index is 490. The van der Waals surface area contributed by atoms with Crippen LogP contribution >= 0.6 is 11.6 Å². The Labute approximate surface area is 112 Å². The lowest BCUT2D eigenvalue weighted by Crippen LogP contribution is -2.27. The van der Waals surface area contributed by atoms with E-state index in [2.05, 4.69) is 16.3 Å². The Kier molecular flexibility index (Phi) is 3.15. The van der Waals surface area contributed by atoms with E-state index in [0.29, 0.717) is 16.6 Å². The minimum absolute atomic E-state index is 0.456. The molecule has 2 aliphatic rings. The second kappa shape index (κ2) is 4.79. The van der Waals surface area contributed by atoms with Gasteiger partial charge in [0.05, 0.1) is 22.3 Å². The molecule has 3 nitrogen and oxygen atoms in total. The van der Waals surface area contributed by atoms with Gasteiger partial charge in [-0.1, -0.05) is 11.6 Å². The quantitative estimate of drug-likeness (QED) is 0.909. The molecule has 0 radical (unpaired) electrons. The van der Waals surface area contributed by atoms with Crippen LogP contribution in [0.2, 0.25) is 5.02 Å². The van der Waals surface area contributed by atoms with Gasteiger partial charge < -0.3 is 5.32 Å². The summed E-state index contributed by atoms with van der Waals surface area (Å²) < 4.78 is 0. The van der Waals surface area contributed by atoms with Crippen molar-refractivity contribution in [3.05, 3.63) is 28.8 Å². The van der Waals surface area contributed by atoms with Crippen molar-refractivity contribution in [3.8, 4) is 6.07 Å². The molecule has 1 aliphatic carbocycles. The van der Waals surface area contributed by atoms with Gasteiger partial charge in [0.2, 0.25) is 0 Å². The molecule has 0 spiro atoms. The number of benzene rings is 1. The van der Waals surface area contributed by atoms with Gasteiger partial charge in [-0.2, -0.15) is 5.26 Å². The standard InChI is InChI=1S/C14H16ClN3/c15-13-4-1-10(8-16)7-14(13)17-11-5-6-18(9-11)12-2-3-12/h1,4,7,11-12,17H,2-3,5-6,9H2.